The Kier molecular flexibility index (Phi) is 6.00. The lowest BCUT2D eigenvalue weighted by molar-refractivity contribution is 0.0952. The molecule has 7 heteroatoms. The molecule has 0 fully saturated rings. The number of carbonyl (C=O) groups is 1. The molecule has 6 nitrogen and oxygen atoms in total. The molecule has 1 N–H and O–H groups in total. The number of aromatic nitrogens is 2. The van der Waals surface area contributed by atoms with Crippen molar-refractivity contribution in [2.24, 2.45) is 0 Å². The average Bonchev–Trinajstić information content (AvgIpc) is 3.21. The van der Waals surface area contributed by atoms with Gasteiger partial charge in [0.1, 0.15) is 22.9 Å². The van der Waals surface area contributed by atoms with Gasteiger partial charge < -0.3 is 19.0 Å². The fourth-order valence-corrected chi connectivity index (χ4v) is 3.40. The molecule has 26 heavy (non-hydrogen) atoms. The van der Waals surface area contributed by atoms with Gasteiger partial charge >= 0.3 is 0 Å². The van der Waals surface area contributed by atoms with Crippen molar-refractivity contribution in [3.8, 4) is 0 Å². The molecule has 3 aromatic heterocycles. The summed E-state index contributed by atoms with van der Waals surface area (Å²) in [5, 5.41) is 2.92. The summed E-state index contributed by atoms with van der Waals surface area (Å²) in [5.41, 5.74) is 2.29. The zero-order chi connectivity index (χ0) is 18.5. The molecular formula is C19H24N4O2S. The van der Waals surface area contributed by atoms with E-state index in [1.54, 1.807) is 18.0 Å². The Bertz CT molecular complexity index is 885. The number of hydrogen-bond donors (Lipinski definition) is 1. The maximum Gasteiger partial charge on any atom is 0.271 e. The van der Waals surface area contributed by atoms with Crippen molar-refractivity contribution in [1.82, 2.24) is 19.6 Å². The number of rotatable bonds is 8. The second-order valence-electron chi connectivity index (χ2n) is 6.44. The Labute approximate surface area is 157 Å². The summed E-state index contributed by atoms with van der Waals surface area (Å²) in [7, 11) is 4.04. The number of amides is 1. The standard InChI is InChI=1S/C19H24N4O2S/c1-14-5-4-6-18-21-17(12-23(14)18)19(24)20-9-10-26-13-16-8-7-15(25-16)11-22(2)3/h4-8,12H,9-11,13H2,1-3H3,(H,20,24). The van der Waals surface area contributed by atoms with E-state index < -0.39 is 0 Å². The third-order valence-electron chi connectivity index (χ3n) is 3.89. The molecule has 138 valence electrons. The van der Waals surface area contributed by atoms with Crippen LogP contribution in [-0.4, -0.2) is 46.6 Å². The van der Waals surface area contributed by atoms with Crippen molar-refractivity contribution in [2.75, 3.05) is 26.4 Å². The molecule has 3 aromatic rings. The van der Waals surface area contributed by atoms with Gasteiger partial charge in [-0.1, -0.05) is 6.07 Å². The maximum atomic E-state index is 12.2. The number of thioether (sulfide) groups is 1. The Morgan fingerprint density at radius 3 is 2.85 bits per heavy atom. The molecule has 1 amide bonds. The third kappa shape index (κ3) is 4.68. The highest BCUT2D eigenvalue weighted by Crippen LogP contribution is 2.16. The van der Waals surface area contributed by atoms with Crippen LogP contribution in [0.4, 0.5) is 0 Å². The minimum absolute atomic E-state index is 0.139. The molecule has 0 saturated carbocycles. The van der Waals surface area contributed by atoms with Crippen LogP contribution < -0.4 is 5.32 Å². The van der Waals surface area contributed by atoms with Gasteiger partial charge in [-0.2, -0.15) is 11.8 Å². The van der Waals surface area contributed by atoms with Crippen LogP contribution in [0.5, 0.6) is 0 Å². The van der Waals surface area contributed by atoms with Gasteiger partial charge in [0.2, 0.25) is 0 Å². The Balaban J connectivity index is 1.42. The van der Waals surface area contributed by atoms with Crippen LogP contribution >= 0.6 is 11.8 Å². The second-order valence-corrected chi connectivity index (χ2v) is 7.54. The van der Waals surface area contributed by atoms with Crippen LogP contribution in [0.25, 0.3) is 5.65 Å². The smallest absolute Gasteiger partial charge is 0.271 e. The van der Waals surface area contributed by atoms with Gasteiger partial charge in [-0.25, -0.2) is 4.98 Å². The summed E-state index contributed by atoms with van der Waals surface area (Å²) in [6.45, 7) is 3.40. The van der Waals surface area contributed by atoms with Gasteiger partial charge in [0, 0.05) is 24.2 Å². The van der Waals surface area contributed by atoms with E-state index in [1.165, 1.54) is 0 Å². The first kappa shape index (κ1) is 18.5. The molecular weight excluding hydrogens is 348 g/mol. The highest BCUT2D eigenvalue weighted by atomic mass is 32.2. The Morgan fingerprint density at radius 1 is 1.27 bits per heavy atom. The summed E-state index contributed by atoms with van der Waals surface area (Å²) in [6.07, 6.45) is 1.78. The Hall–Kier alpha value is -2.25. The lowest BCUT2D eigenvalue weighted by Crippen LogP contribution is -2.26. The first-order valence-electron chi connectivity index (χ1n) is 8.56. The van der Waals surface area contributed by atoms with E-state index in [0.29, 0.717) is 12.2 Å². The number of nitrogens with one attached hydrogen (secondary N) is 1. The highest BCUT2D eigenvalue weighted by molar-refractivity contribution is 7.98. The minimum Gasteiger partial charge on any atom is -0.464 e. The molecule has 0 atom stereocenters. The molecule has 0 aliphatic rings. The largest absolute Gasteiger partial charge is 0.464 e. The normalized spacial score (nSPS) is 11.4. The number of hydrogen-bond acceptors (Lipinski definition) is 5. The number of fused-ring (bicyclic) bond motifs is 1. The van der Waals surface area contributed by atoms with Crippen LogP contribution in [0.2, 0.25) is 0 Å². The summed E-state index contributed by atoms with van der Waals surface area (Å²) >= 11 is 1.74. The molecule has 3 rings (SSSR count). The first-order chi connectivity index (χ1) is 12.5. The van der Waals surface area contributed by atoms with Crippen LogP contribution in [0.15, 0.2) is 40.9 Å². The van der Waals surface area contributed by atoms with Gasteiger partial charge in [-0.3, -0.25) is 4.79 Å². The van der Waals surface area contributed by atoms with Crippen molar-refractivity contribution in [2.45, 2.75) is 19.2 Å². The number of imidazole rings is 1. The van der Waals surface area contributed by atoms with Crippen LogP contribution in [0.3, 0.4) is 0 Å². The van der Waals surface area contributed by atoms with E-state index in [4.69, 9.17) is 4.42 Å². The van der Waals surface area contributed by atoms with Gasteiger partial charge in [-0.05, 0) is 45.3 Å². The number of pyridine rings is 1. The monoisotopic (exact) mass is 372 g/mol. The van der Waals surface area contributed by atoms with Crippen molar-refractivity contribution in [1.29, 1.82) is 0 Å². The van der Waals surface area contributed by atoms with E-state index in [0.717, 1.165) is 40.9 Å². The summed E-state index contributed by atoms with van der Waals surface area (Å²) in [5.74, 6) is 3.42. The van der Waals surface area contributed by atoms with E-state index in [1.807, 2.05) is 55.8 Å². The quantitative estimate of drug-likeness (QED) is 0.616. The fourth-order valence-electron chi connectivity index (χ4n) is 2.65. The topological polar surface area (TPSA) is 62.8 Å². The molecule has 0 aliphatic heterocycles. The predicted molar refractivity (Wildman–Crippen MR) is 105 cm³/mol. The van der Waals surface area contributed by atoms with Crippen LogP contribution in [0, 0.1) is 6.92 Å². The average molecular weight is 372 g/mol. The number of nitrogens with zero attached hydrogens (tertiary/aromatic N) is 3. The van der Waals surface area contributed by atoms with E-state index >= 15 is 0 Å². The van der Waals surface area contributed by atoms with Gasteiger partial charge in [0.25, 0.3) is 5.91 Å². The van der Waals surface area contributed by atoms with E-state index in [2.05, 4.69) is 15.2 Å². The van der Waals surface area contributed by atoms with E-state index in [-0.39, 0.29) is 5.91 Å². The summed E-state index contributed by atoms with van der Waals surface area (Å²) in [4.78, 5) is 18.7. The molecule has 0 aliphatic carbocycles. The van der Waals surface area contributed by atoms with Crippen molar-refractivity contribution in [3.63, 3.8) is 0 Å². The number of furan rings is 1. The number of carbonyl (C=O) groups excluding carboxylic acids is 1. The van der Waals surface area contributed by atoms with Crippen LogP contribution in [0.1, 0.15) is 27.7 Å². The summed E-state index contributed by atoms with van der Waals surface area (Å²) < 4.78 is 7.70. The zero-order valence-electron chi connectivity index (χ0n) is 15.4. The van der Waals surface area contributed by atoms with E-state index in [9.17, 15) is 4.79 Å². The maximum absolute atomic E-state index is 12.2. The minimum atomic E-state index is -0.139. The molecule has 0 unspecified atom stereocenters. The van der Waals surface area contributed by atoms with Gasteiger partial charge in [0.05, 0.1) is 12.3 Å². The van der Waals surface area contributed by atoms with Crippen LogP contribution in [-0.2, 0) is 12.3 Å². The second kappa shape index (κ2) is 8.42. The molecule has 0 radical (unpaired) electrons. The first-order valence-corrected chi connectivity index (χ1v) is 9.71. The fraction of sp³-hybridized carbons (Fsp3) is 0.368. The molecule has 0 bridgehead atoms. The van der Waals surface area contributed by atoms with Gasteiger partial charge in [-0.15, -0.1) is 0 Å². The highest BCUT2D eigenvalue weighted by Gasteiger charge is 2.11. The van der Waals surface area contributed by atoms with Gasteiger partial charge in [0.15, 0.2) is 0 Å². The summed E-state index contributed by atoms with van der Waals surface area (Å²) in [6, 6.07) is 9.86. The SMILES string of the molecule is Cc1cccc2nc(C(=O)NCCSCc3ccc(CN(C)C)o3)cn12. The zero-order valence-corrected chi connectivity index (χ0v) is 16.2. The molecule has 0 aromatic carbocycles. The molecule has 0 spiro atoms. The van der Waals surface area contributed by atoms with Crippen molar-refractivity contribution >= 4 is 23.3 Å². The molecule has 3 heterocycles. The lowest BCUT2D eigenvalue weighted by atomic mass is 10.4. The third-order valence-corrected chi connectivity index (χ3v) is 4.88. The lowest BCUT2D eigenvalue weighted by Gasteiger charge is -2.06. The van der Waals surface area contributed by atoms with Crippen molar-refractivity contribution in [3.05, 3.63) is 59.4 Å². The Morgan fingerprint density at radius 2 is 2.08 bits per heavy atom. The number of aryl methyl sites for hydroxylation is 1. The van der Waals surface area contributed by atoms with Crippen molar-refractivity contribution < 1.29 is 9.21 Å². The predicted octanol–water partition coefficient (Wildman–Crippen LogP) is 2.96. The molecule has 0 saturated heterocycles.